The normalized spacial score (nSPS) is 10.3. The molecule has 2 rings (SSSR count). The highest BCUT2D eigenvalue weighted by molar-refractivity contribution is 5.94. The summed E-state index contributed by atoms with van der Waals surface area (Å²) in [7, 11) is 1.87. The zero-order chi connectivity index (χ0) is 13.0. The fourth-order valence-electron chi connectivity index (χ4n) is 1.60. The summed E-state index contributed by atoms with van der Waals surface area (Å²) in [5.41, 5.74) is 6.76. The molecule has 6 nitrogen and oxygen atoms in total. The third kappa shape index (κ3) is 2.85. The minimum Gasteiger partial charge on any atom is -0.399 e. The predicted molar refractivity (Wildman–Crippen MR) is 67.9 cm³/mol. The van der Waals surface area contributed by atoms with Gasteiger partial charge in [-0.25, -0.2) is 0 Å². The predicted octanol–water partition coefficient (Wildman–Crippen LogP) is 0.370. The molecule has 0 saturated carbocycles. The Balaban J connectivity index is 1.87. The van der Waals surface area contributed by atoms with Gasteiger partial charge >= 0.3 is 0 Å². The quantitative estimate of drug-likeness (QED) is 0.762. The Morgan fingerprint density at radius 3 is 3.00 bits per heavy atom. The van der Waals surface area contributed by atoms with E-state index in [1.54, 1.807) is 30.6 Å². The van der Waals surface area contributed by atoms with Crippen LogP contribution in [0.1, 0.15) is 16.2 Å². The molecule has 3 N–H and O–H groups in total. The van der Waals surface area contributed by atoms with Crippen molar-refractivity contribution in [2.45, 2.75) is 6.42 Å². The van der Waals surface area contributed by atoms with Crippen LogP contribution in [0.3, 0.4) is 0 Å². The van der Waals surface area contributed by atoms with Crippen molar-refractivity contribution in [1.82, 2.24) is 20.1 Å². The molecule has 0 spiro atoms. The lowest BCUT2D eigenvalue weighted by molar-refractivity contribution is 0.0954. The van der Waals surface area contributed by atoms with Gasteiger partial charge in [-0.2, -0.15) is 0 Å². The minimum atomic E-state index is -0.135. The van der Waals surface area contributed by atoms with E-state index in [1.165, 1.54) is 0 Å². The fraction of sp³-hybridized carbons (Fsp3) is 0.250. The Hall–Kier alpha value is -2.37. The lowest BCUT2D eigenvalue weighted by Gasteiger charge is -2.05. The van der Waals surface area contributed by atoms with Crippen LogP contribution in [0.15, 0.2) is 30.6 Å². The van der Waals surface area contributed by atoms with Crippen LogP contribution in [0.5, 0.6) is 0 Å². The fourth-order valence-corrected chi connectivity index (χ4v) is 1.60. The van der Waals surface area contributed by atoms with Crippen molar-refractivity contribution in [2.24, 2.45) is 7.05 Å². The molecule has 0 saturated heterocycles. The maximum Gasteiger partial charge on any atom is 0.251 e. The number of aromatic nitrogens is 3. The van der Waals surface area contributed by atoms with E-state index in [0.717, 1.165) is 5.82 Å². The van der Waals surface area contributed by atoms with Crippen molar-refractivity contribution in [1.29, 1.82) is 0 Å². The summed E-state index contributed by atoms with van der Waals surface area (Å²) >= 11 is 0. The van der Waals surface area contributed by atoms with E-state index in [9.17, 15) is 4.79 Å². The van der Waals surface area contributed by atoms with E-state index in [4.69, 9.17) is 5.73 Å². The SMILES string of the molecule is Cn1cnnc1CCNC(=O)c1cccc(N)c1. The van der Waals surface area contributed by atoms with Gasteiger partial charge in [-0.1, -0.05) is 6.07 Å². The summed E-state index contributed by atoms with van der Waals surface area (Å²) < 4.78 is 1.83. The van der Waals surface area contributed by atoms with Crippen LogP contribution in [-0.2, 0) is 13.5 Å². The van der Waals surface area contributed by atoms with Gasteiger partial charge in [0.2, 0.25) is 0 Å². The monoisotopic (exact) mass is 245 g/mol. The standard InChI is InChI=1S/C12H15N5O/c1-17-8-15-16-11(17)5-6-14-12(18)9-3-2-4-10(13)7-9/h2-4,7-8H,5-6,13H2,1H3,(H,14,18). The Labute approximate surface area is 105 Å². The zero-order valence-corrected chi connectivity index (χ0v) is 10.1. The summed E-state index contributed by atoms with van der Waals surface area (Å²) in [6.45, 7) is 0.514. The van der Waals surface area contributed by atoms with Crippen LogP contribution in [0.4, 0.5) is 5.69 Å². The topological polar surface area (TPSA) is 85.8 Å². The largest absolute Gasteiger partial charge is 0.399 e. The molecule has 0 unspecified atom stereocenters. The summed E-state index contributed by atoms with van der Waals surface area (Å²) in [6.07, 6.45) is 2.28. The second kappa shape index (κ2) is 5.31. The summed E-state index contributed by atoms with van der Waals surface area (Å²) in [6, 6.07) is 6.88. The van der Waals surface area contributed by atoms with E-state index in [-0.39, 0.29) is 5.91 Å². The number of nitrogen functional groups attached to an aromatic ring is 1. The highest BCUT2D eigenvalue weighted by Gasteiger charge is 2.06. The number of nitrogens with one attached hydrogen (secondary N) is 1. The van der Waals surface area contributed by atoms with Crippen LogP contribution in [0, 0.1) is 0 Å². The van der Waals surface area contributed by atoms with E-state index in [1.807, 2.05) is 11.6 Å². The van der Waals surface area contributed by atoms with Gasteiger partial charge in [0.25, 0.3) is 5.91 Å². The van der Waals surface area contributed by atoms with E-state index in [2.05, 4.69) is 15.5 Å². The van der Waals surface area contributed by atoms with Crippen molar-refractivity contribution in [3.05, 3.63) is 42.0 Å². The first-order valence-electron chi connectivity index (χ1n) is 5.63. The number of nitrogens with two attached hydrogens (primary N) is 1. The van der Waals surface area contributed by atoms with Crippen molar-refractivity contribution >= 4 is 11.6 Å². The molecule has 0 aliphatic heterocycles. The van der Waals surface area contributed by atoms with Crippen molar-refractivity contribution in [3.8, 4) is 0 Å². The first-order valence-corrected chi connectivity index (χ1v) is 5.63. The number of carbonyl (C=O) groups excluding carboxylic acids is 1. The van der Waals surface area contributed by atoms with Gasteiger partial charge in [0.1, 0.15) is 12.2 Å². The number of hydrogen-bond acceptors (Lipinski definition) is 4. The maximum absolute atomic E-state index is 11.8. The van der Waals surface area contributed by atoms with Gasteiger partial charge in [0, 0.05) is 31.3 Å². The van der Waals surface area contributed by atoms with Crippen molar-refractivity contribution < 1.29 is 4.79 Å². The molecule has 0 fully saturated rings. The molecule has 94 valence electrons. The molecule has 0 radical (unpaired) electrons. The molecule has 0 aliphatic rings. The third-order valence-corrected chi connectivity index (χ3v) is 2.59. The highest BCUT2D eigenvalue weighted by atomic mass is 16.1. The van der Waals surface area contributed by atoms with Crippen LogP contribution >= 0.6 is 0 Å². The molecule has 1 amide bonds. The first-order chi connectivity index (χ1) is 8.66. The van der Waals surface area contributed by atoms with Gasteiger partial charge in [-0.15, -0.1) is 10.2 Å². The summed E-state index contributed by atoms with van der Waals surface area (Å²) in [4.78, 5) is 11.8. The second-order valence-corrected chi connectivity index (χ2v) is 3.99. The third-order valence-electron chi connectivity index (χ3n) is 2.59. The lowest BCUT2D eigenvalue weighted by atomic mass is 10.2. The van der Waals surface area contributed by atoms with Crippen LogP contribution in [0.2, 0.25) is 0 Å². The molecule has 0 aliphatic carbocycles. The first kappa shape index (κ1) is 12.1. The Morgan fingerprint density at radius 1 is 1.50 bits per heavy atom. The molecule has 6 heteroatoms. The van der Waals surface area contributed by atoms with Crippen molar-refractivity contribution in [2.75, 3.05) is 12.3 Å². The van der Waals surface area contributed by atoms with Gasteiger partial charge in [-0.05, 0) is 18.2 Å². The van der Waals surface area contributed by atoms with Crippen LogP contribution < -0.4 is 11.1 Å². The maximum atomic E-state index is 11.8. The van der Waals surface area contributed by atoms with Gasteiger partial charge in [0.05, 0.1) is 0 Å². The molecule has 1 aromatic carbocycles. The Bertz CT molecular complexity index is 549. The second-order valence-electron chi connectivity index (χ2n) is 3.99. The van der Waals surface area contributed by atoms with E-state index >= 15 is 0 Å². The minimum absolute atomic E-state index is 0.135. The average molecular weight is 245 g/mol. The number of rotatable bonds is 4. The Kier molecular flexibility index (Phi) is 3.57. The van der Waals surface area contributed by atoms with Crippen LogP contribution in [0.25, 0.3) is 0 Å². The number of amides is 1. The summed E-state index contributed by atoms with van der Waals surface area (Å²) in [5.74, 6) is 0.701. The van der Waals surface area contributed by atoms with Crippen molar-refractivity contribution in [3.63, 3.8) is 0 Å². The molecule has 2 aromatic rings. The summed E-state index contributed by atoms with van der Waals surface area (Å²) in [5, 5.41) is 10.5. The average Bonchev–Trinajstić information content (AvgIpc) is 2.75. The van der Waals surface area contributed by atoms with Crippen LogP contribution in [-0.4, -0.2) is 27.2 Å². The smallest absolute Gasteiger partial charge is 0.251 e. The van der Waals surface area contributed by atoms with E-state index in [0.29, 0.717) is 24.2 Å². The highest BCUT2D eigenvalue weighted by Crippen LogP contribution is 2.06. The number of nitrogens with zero attached hydrogens (tertiary/aromatic N) is 3. The molecule has 0 bridgehead atoms. The molecular formula is C12H15N5O. The van der Waals surface area contributed by atoms with Gasteiger partial charge < -0.3 is 15.6 Å². The molecule has 1 aromatic heterocycles. The number of aryl methyl sites for hydroxylation is 1. The van der Waals surface area contributed by atoms with Gasteiger partial charge in [-0.3, -0.25) is 4.79 Å². The number of benzene rings is 1. The van der Waals surface area contributed by atoms with E-state index < -0.39 is 0 Å². The number of carbonyl (C=O) groups is 1. The molecule has 18 heavy (non-hydrogen) atoms. The lowest BCUT2D eigenvalue weighted by Crippen LogP contribution is -2.26. The van der Waals surface area contributed by atoms with Gasteiger partial charge in [0.15, 0.2) is 0 Å². The molecule has 1 heterocycles. The zero-order valence-electron chi connectivity index (χ0n) is 10.1. The number of anilines is 1. The molecular weight excluding hydrogens is 230 g/mol. The number of hydrogen-bond donors (Lipinski definition) is 2. The Morgan fingerprint density at radius 2 is 2.33 bits per heavy atom. The molecule has 0 atom stereocenters.